The van der Waals surface area contributed by atoms with Gasteiger partial charge in [-0.25, -0.2) is 0 Å². The Labute approximate surface area is 273 Å². The van der Waals surface area contributed by atoms with Gasteiger partial charge in [0.2, 0.25) is 5.91 Å². The summed E-state index contributed by atoms with van der Waals surface area (Å²) in [6, 6.07) is -0.654. The SMILES string of the molecule is CC/C=C\C/C=C\CCCCCCCCCCCCCCC(O)CC(=O)NC(CO)C(O)CCCCCCCCCCCC. The van der Waals surface area contributed by atoms with E-state index < -0.39 is 18.2 Å². The number of unbranched alkanes of at least 4 members (excludes halogenated alkanes) is 21. The molecule has 260 valence electrons. The Balaban J connectivity index is 3.61. The average Bonchev–Trinajstić information content (AvgIpc) is 3.01. The molecule has 44 heavy (non-hydrogen) atoms. The average molecular weight is 622 g/mol. The van der Waals surface area contributed by atoms with E-state index in [9.17, 15) is 20.1 Å². The topological polar surface area (TPSA) is 89.8 Å². The van der Waals surface area contributed by atoms with Crippen molar-refractivity contribution in [2.45, 2.75) is 212 Å². The van der Waals surface area contributed by atoms with Gasteiger partial charge in [-0.05, 0) is 38.5 Å². The summed E-state index contributed by atoms with van der Waals surface area (Å²) in [4.78, 5) is 12.4. The van der Waals surface area contributed by atoms with E-state index in [1.54, 1.807) is 0 Å². The molecule has 0 rings (SSSR count). The predicted molar refractivity (Wildman–Crippen MR) is 190 cm³/mol. The van der Waals surface area contributed by atoms with Crippen molar-refractivity contribution in [2.24, 2.45) is 0 Å². The minimum absolute atomic E-state index is 0.0365. The number of carbonyl (C=O) groups is 1. The zero-order valence-corrected chi connectivity index (χ0v) is 29.3. The van der Waals surface area contributed by atoms with Crippen LogP contribution in [-0.2, 0) is 4.79 Å². The number of hydrogen-bond donors (Lipinski definition) is 4. The van der Waals surface area contributed by atoms with Crippen molar-refractivity contribution in [3.8, 4) is 0 Å². The Morgan fingerprint density at radius 3 is 1.55 bits per heavy atom. The van der Waals surface area contributed by atoms with Crippen LogP contribution in [-0.4, -0.2) is 46.1 Å². The summed E-state index contributed by atoms with van der Waals surface area (Å²) in [6.45, 7) is 4.13. The molecular weight excluding hydrogens is 546 g/mol. The van der Waals surface area contributed by atoms with Gasteiger partial charge in [0, 0.05) is 0 Å². The third kappa shape index (κ3) is 30.8. The van der Waals surface area contributed by atoms with Gasteiger partial charge in [0.05, 0.1) is 31.3 Å². The summed E-state index contributed by atoms with van der Waals surface area (Å²) in [5.74, 6) is -0.286. The molecule has 0 radical (unpaired) electrons. The van der Waals surface area contributed by atoms with Crippen LogP contribution in [0.5, 0.6) is 0 Å². The predicted octanol–water partition coefficient (Wildman–Crippen LogP) is 10.3. The third-order valence-corrected chi connectivity index (χ3v) is 8.78. The summed E-state index contributed by atoms with van der Waals surface area (Å²) in [5, 5.41) is 33.2. The van der Waals surface area contributed by atoms with Crippen LogP contribution in [0.1, 0.15) is 194 Å². The standard InChI is InChI=1S/C39H75NO4/c1-3-5-7-9-11-13-15-16-17-18-19-20-21-22-23-24-26-28-30-32-36(42)34-39(44)40-37(35-41)38(43)33-31-29-27-25-14-12-10-8-6-4-2/h5,7,11,13,36-38,41-43H,3-4,6,8-10,12,14-35H2,1-2H3,(H,40,44)/b7-5-,13-11-. The molecule has 0 spiro atoms. The summed E-state index contributed by atoms with van der Waals surface area (Å²) in [6.07, 6.45) is 39.9. The van der Waals surface area contributed by atoms with Gasteiger partial charge in [-0.3, -0.25) is 4.79 Å². The highest BCUT2D eigenvalue weighted by Crippen LogP contribution is 2.15. The molecule has 0 fully saturated rings. The quantitative estimate of drug-likeness (QED) is 0.0425. The second kappa shape index (κ2) is 34.7. The molecule has 0 aromatic carbocycles. The van der Waals surface area contributed by atoms with Crippen LogP contribution in [0.3, 0.4) is 0 Å². The smallest absolute Gasteiger partial charge is 0.222 e. The van der Waals surface area contributed by atoms with Crippen molar-refractivity contribution in [1.82, 2.24) is 5.32 Å². The van der Waals surface area contributed by atoms with Crippen LogP contribution in [0.2, 0.25) is 0 Å². The van der Waals surface area contributed by atoms with Crippen LogP contribution < -0.4 is 5.32 Å². The van der Waals surface area contributed by atoms with Gasteiger partial charge < -0.3 is 20.6 Å². The maximum atomic E-state index is 12.4. The molecule has 0 aromatic heterocycles. The van der Waals surface area contributed by atoms with Crippen LogP contribution >= 0.6 is 0 Å². The largest absolute Gasteiger partial charge is 0.394 e. The zero-order chi connectivity index (χ0) is 32.4. The molecule has 5 nitrogen and oxygen atoms in total. The molecule has 0 saturated heterocycles. The maximum Gasteiger partial charge on any atom is 0.222 e. The third-order valence-electron chi connectivity index (χ3n) is 8.78. The number of aliphatic hydroxyl groups excluding tert-OH is 3. The number of allylic oxidation sites excluding steroid dienone is 4. The molecule has 0 aliphatic rings. The summed E-state index contributed by atoms with van der Waals surface area (Å²) < 4.78 is 0. The molecule has 1 amide bonds. The fourth-order valence-electron chi connectivity index (χ4n) is 5.85. The highest BCUT2D eigenvalue weighted by molar-refractivity contribution is 5.76. The van der Waals surface area contributed by atoms with Crippen LogP contribution in [0.25, 0.3) is 0 Å². The molecule has 0 saturated carbocycles. The Morgan fingerprint density at radius 1 is 0.591 bits per heavy atom. The number of hydrogen-bond acceptors (Lipinski definition) is 4. The molecule has 0 aliphatic carbocycles. The van der Waals surface area contributed by atoms with E-state index in [1.807, 2.05) is 0 Å². The fraction of sp³-hybridized carbons (Fsp3) is 0.872. The van der Waals surface area contributed by atoms with Gasteiger partial charge in [0.1, 0.15) is 0 Å². The van der Waals surface area contributed by atoms with E-state index in [2.05, 4.69) is 43.5 Å². The Kier molecular flexibility index (Phi) is 33.8. The maximum absolute atomic E-state index is 12.4. The minimum Gasteiger partial charge on any atom is -0.394 e. The lowest BCUT2D eigenvalue weighted by atomic mass is 10.0. The van der Waals surface area contributed by atoms with Crippen LogP contribution in [0.4, 0.5) is 0 Å². The first-order valence-corrected chi connectivity index (χ1v) is 19.1. The number of amides is 1. The summed E-state index contributed by atoms with van der Waals surface area (Å²) in [7, 11) is 0. The van der Waals surface area contributed by atoms with Crippen molar-refractivity contribution in [3.63, 3.8) is 0 Å². The molecule has 5 heteroatoms. The Bertz CT molecular complexity index is 650. The van der Waals surface area contributed by atoms with E-state index in [-0.39, 0.29) is 18.9 Å². The second-order valence-corrected chi connectivity index (χ2v) is 13.2. The molecule has 0 heterocycles. The first kappa shape index (κ1) is 42.8. The van der Waals surface area contributed by atoms with Gasteiger partial charge in [-0.15, -0.1) is 0 Å². The lowest BCUT2D eigenvalue weighted by Crippen LogP contribution is -2.46. The Hall–Kier alpha value is -1.17. The summed E-state index contributed by atoms with van der Waals surface area (Å²) >= 11 is 0. The van der Waals surface area contributed by atoms with E-state index in [4.69, 9.17) is 0 Å². The molecule has 0 aromatic rings. The number of rotatable bonds is 34. The van der Waals surface area contributed by atoms with E-state index in [0.717, 1.165) is 38.5 Å². The molecule has 4 N–H and O–H groups in total. The van der Waals surface area contributed by atoms with Crippen molar-refractivity contribution in [3.05, 3.63) is 24.3 Å². The lowest BCUT2D eigenvalue weighted by Gasteiger charge is -2.23. The van der Waals surface area contributed by atoms with Crippen molar-refractivity contribution in [2.75, 3.05) is 6.61 Å². The first-order chi connectivity index (χ1) is 21.5. The van der Waals surface area contributed by atoms with Crippen molar-refractivity contribution in [1.29, 1.82) is 0 Å². The number of carbonyl (C=O) groups excluding carboxylic acids is 1. The molecule has 0 aliphatic heterocycles. The normalized spacial score (nSPS) is 14.0. The van der Waals surface area contributed by atoms with Gasteiger partial charge >= 0.3 is 0 Å². The molecule has 3 unspecified atom stereocenters. The molecular formula is C39H75NO4. The van der Waals surface area contributed by atoms with Gasteiger partial charge in [0.25, 0.3) is 0 Å². The number of aliphatic hydroxyl groups is 3. The Morgan fingerprint density at radius 2 is 1.05 bits per heavy atom. The number of nitrogens with one attached hydrogen (secondary N) is 1. The molecule has 3 atom stereocenters. The van der Waals surface area contributed by atoms with Gasteiger partial charge in [-0.2, -0.15) is 0 Å². The van der Waals surface area contributed by atoms with E-state index >= 15 is 0 Å². The van der Waals surface area contributed by atoms with E-state index in [1.165, 1.54) is 122 Å². The van der Waals surface area contributed by atoms with Crippen LogP contribution in [0.15, 0.2) is 24.3 Å². The van der Waals surface area contributed by atoms with E-state index in [0.29, 0.717) is 12.8 Å². The van der Waals surface area contributed by atoms with Crippen LogP contribution in [0, 0.1) is 0 Å². The highest BCUT2D eigenvalue weighted by atomic mass is 16.3. The summed E-state index contributed by atoms with van der Waals surface area (Å²) in [5.41, 5.74) is 0. The lowest BCUT2D eigenvalue weighted by molar-refractivity contribution is -0.125. The zero-order valence-electron chi connectivity index (χ0n) is 29.3. The van der Waals surface area contributed by atoms with Gasteiger partial charge in [0.15, 0.2) is 0 Å². The second-order valence-electron chi connectivity index (χ2n) is 13.2. The van der Waals surface area contributed by atoms with Crippen molar-refractivity contribution < 1.29 is 20.1 Å². The fourth-order valence-corrected chi connectivity index (χ4v) is 5.85. The highest BCUT2D eigenvalue weighted by Gasteiger charge is 2.21. The monoisotopic (exact) mass is 622 g/mol. The minimum atomic E-state index is -0.745. The van der Waals surface area contributed by atoms with Gasteiger partial charge in [-0.1, -0.05) is 173 Å². The first-order valence-electron chi connectivity index (χ1n) is 19.1. The van der Waals surface area contributed by atoms with Crippen molar-refractivity contribution >= 4 is 5.91 Å². The molecule has 0 bridgehead atoms.